The molecular formula is C15H25N3OS. The second-order valence-electron chi connectivity index (χ2n) is 5.41. The fourth-order valence-corrected chi connectivity index (χ4v) is 3.72. The zero-order chi connectivity index (χ0) is 14.4. The third-order valence-corrected chi connectivity index (χ3v) is 5.06. The van der Waals surface area contributed by atoms with Gasteiger partial charge in [-0.25, -0.2) is 0 Å². The summed E-state index contributed by atoms with van der Waals surface area (Å²) in [5.41, 5.74) is 5.84. The second kappa shape index (κ2) is 7.76. The third-order valence-electron chi connectivity index (χ3n) is 4.18. The normalized spacial score (nSPS) is 22.4. The number of hydrogen-bond acceptors (Lipinski definition) is 4. The first kappa shape index (κ1) is 15.5. The van der Waals surface area contributed by atoms with Crippen LogP contribution in [-0.4, -0.2) is 36.5 Å². The van der Waals surface area contributed by atoms with E-state index < -0.39 is 0 Å². The van der Waals surface area contributed by atoms with E-state index in [2.05, 4.69) is 17.1 Å². The molecule has 1 aromatic heterocycles. The van der Waals surface area contributed by atoms with Gasteiger partial charge in [-0.3, -0.25) is 9.69 Å². The van der Waals surface area contributed by atoms with Gasteiger partial charge >= 0.3 is 0 Å². The van der Waals surface area contributed by atoms with E-state index in [4.69, 9.17) is 5.73 Å². The molecule has 5 heteroatoms. The van der Waals surface area contributed by atoms with Gasteiger partial charge in [0.2, 0.25) is 5.91 Å². The minimum Gasteiger partial charge on any atom is -0.350 e. The van der Waals surface area contributed by atoms with Gasteiger partial charge in [0, 0.05) is 10.9 Å². The summed E-state index contributed by atoms with van der Waals surface area (Å²) in [5, 5.41) is 5.04. The van der Waals surface area contributed by atoms with E-state index in [0.29, 0.717) is 25.0 Å². The molecule has 0 saturated heterocycles. The van der Waals surface area contributed by atoms with Crippen LogP contribution in [0.5, 0.6) is 0 Å². The number of amides is 1. The lowest BCUT2D eigenvalue weighted by molar-refractivity contribution is -0.123. The molecular weight excluding hydrogens is 270 g/mol. The van der Waals surface area contributed by atoms with Gasteiger partial charge in [0.1, 0.15) is 0 Å². The highest BCUT2D eigenvalue weighted by Crippen LogP contribution is 2.28. The van der Waals surface area contributed by atoms with E-state index in [0.717, 1.165) is 13.1 Å². The van der Waals surface area contributed by atoms with Crippen molar-refractivity contribution in [3.63, 3.8) is 0 Å². The van der Waals surface area contributed by atoms with E-state index in [-0.39, 0.29) is 5.91 Å². The van der Waals surface area contributed by atoms with Gasteiger partial charge in [0.05, 0.1) is 13.1 Å². The van der Waals surface area contributed by atoms with Crippen molar-refractivity contribution in [2.75, 3.05) is 19.6 Å². The van der Waals surface area contributed by atoms with E-state index in [1.165, 1.54) is 24.1 Å². The Morgan fingerprint density at radius 3 is 3.05 bits per heavy atom. The molecule has 4 nitrogen and oxygen atoms in total. The Balaban J connectivity index is 1.81. The van der Waals surface area contributed by atoms with Gasteiger partial charge in [-0.15, -0.1) is 11.3 Å². The minimum absolute atomic E-state index is 0.114. The Bertz CT molecular complexity index is 407. The number of nitrogens with two attached hydrogens (primary N) is 1. The zero-order valence-electron chi connectivity index (χ0n) is 12.2. The predicted molar refractivity (Wildman–Crippen MR) is 83.6 cm³/mol. The Morgan fingerprint density at radius 1 is 1.55 bits per heavy atom. The SMILES string of the molecule is CCN(CC(=O)NCc1cccs1)C1CCCC1CN. The first-order valence-corrected chi connectivity index (χ1v) is 8.35. The number of thiophene rings is 1. The van der Waals surface area contributed by atoms with Gasteiger partial charge in [-0.2, -0.15) is 0 Å². The Kier molecular flexibility index (Phi) is 6.01. The van der Waals surface area contributed by atoms with E-state index in [9.17, 15) is 4.79 Å². The topological polar surface area (TPSA) is 58.4 Å². The van der Waals surface area contributed by atoms with Crippen molar-refractivity contribution in [2.45, 2.75) is 38.8 Å². The van der Waals surface area contributed by atoms with E-state index in [1.807, 2.05) is 17.5 Å². The number of carbonyl (C=O) groups excluding carboxylic acids is 1. The predicted octanol–water partition coefficient (Wildman–Crippen LogP) is 1.81. The molecule has 1 aliphatic rings. The van der Waals surface area contributed by atoms with Crippen LogP contribution in [0.4, 0.5) is 0 Å². The van der Waals surface area contributed by atoms with E-state index in [1.54, 1.807) is 11.3 Å². The number of nitrogens with zero attached hydrogens (tertiary/aromatic N) is 1. The molecule has 20 heavy (non-hydrogen) atoms. The van der Waals surface area contributed by atoms with Crippen molar-refractivity contribution in [1.29, 1.82) is 0 Å². The number of nitrogens with one attached hydrogen (secondary N) is 1. The number of rotatable bonds is 7. The molecule has 112 valence electrons. The van der Waals surface area contributed by atoms with Crippen LogP contribution in [0.15, 0.2) is 17.5 Å². The van der Waals surface area contributed by atoms with Crippen LogP contribution in [0.1, 0.15) is 31.1 Å². The Labute approximate surface area is 125 Å². The fourth-order valence-electron chi connectivity index (χ4n) is 3.08. The molecule has 1 heterocycles. The molecule has 2 atom stereocenters. The van der Waals surface area contributed by atoms with Crippen molar-refractivity contribution in [2.24, 2.45) is 11.7 Å². The standard InChI is InChI=1S/C15H25N3OS/c1-2-18(14-7-3-5-12(14)9-16)11-15(19)17-10-13-6-4-8-20-13/h4,6,8,12,14H,2-3,5,7,9-11,16H2,1H3,(H,17,19). The maximum Gasteiger partial charge on any atom is 0.234 e. The van der Waals surface area contributed by atoms with Gasteiger partial charge < -0.3 is 11.1 Å². The molecule has 0 aromatic carbocycles. The summed E-state index contributed by atoms with van der Waals surface area (Å²) < 4.78 is 0. The van der Waals surface area contributed by atoms with Gasteiger partial charge in [-0.1, -0.05) is 19.4 Å². The molecule has 2 unspecified atom stereocenters. The zero-order valence-corrected chi connectivity index (χ0v) is 13.0. The van der Waals surface area contributed by atoms with Crippen molar-refractivity contribution in [3.8, 4) is 0 Å². The first-order chi connectivity index (χ1) is 9.74. The second-order valence-corrected chi connectivity index (χ2v) is 6.45. The molecule has 1 aliphatic carbocycles. The summed E-state index contributed by atoms with van der Waals surface area (Å²) in [6.45, 7) is 4.89. The van der Waals surface area contributed by atoms with Crippen LogP contribution in [-0.2, 0) is 11.3 Å². The van der Waals surface area contributed by atoms with Gasteiger partial charge in [0.25, 0.3) is 0 Å². The molecule has 1 saturated carbocycles. The molecule has 0 aliphatic heterocycles. The molecule has 0 spiro atoms. The molecule has 0 bridgehead atoms. The summed E-state index contributed by atoms with van der Waals surface area (Å²) in [6, 6.07) is 4.54. The summed E-state index contributed by atoms with van der Waals surface area (Å²) in [5.74, 6) is 0.669. The molecule has 1 fully saturated rings. The summed E-state index contributed by atoms with van der Waals surface area (Å²) in [4.78, 5) is 15.6. The molecule has 3 N–H and O–H groups in total. The fraction of sp³-hybridized carbons (Fsp3) is 0.667. The van der Waals surface area contributed by atoms with Crippen molar-refractivity contribution >= 4 is 17.2 Å². The molecule has 2 rings (SSSR count). The third kappa shape index (κ3) is 4.04. The summed E-state index contributed by atoms with van der Waals surface area (Å²) in [7, 11) is 0. The average molecular weight is 295 g/mol. The van der Waals surface area contributed by atoms with Gasteiger partial charge in [0.15, 0.2) is 0 Å². The maximum absolute atomic E-state index is 12.1. The Morgan fingerprint density at radius 2 is 2.40 bits per heavy atom. The van der Waals surface area contributed by atoms with Crippen LogP contribution in [0.3, 0.4) is 0 Å². The summed E-state index contributed by atoms with van der Waals surface area (Å²) >= 11 is 1.67. The maximum atomic E-state index is 12.1. The van der Waals surface area contributed by atoms with Crippen LogP contribution < -0.4 is 11.1 Å². The lowest BCUT2D eigenvalue weighted by atomic mass is 10.0. The number of hydrogen-bond donors (Lipinski definition) is 2. The highest BCUT2D eigenvalue weighted by atomic mass is 32.1. The average Bonchev–Trinajstić information content (AvgIpc) is 3.13. The van der Waals surface area contributed by atoms with E-state index >= 15 is 0 Å². The lowest BCUT2D eigenvalue weighted by Crippen LogP contribution is -2.45. The van der Waals surface area contributed by atoms with Crippen molar-refractivity contribution in [1.82, 2.24) is 10.2 Å². The van der Waals surface area contributed by atoms with Crippen molar-refractivity contribution < 1.29 is 4.79 Å². The lowest BCUT2D eigenvalue weighted by Gasteiger charge is -2.31. The smallest absolute Gasteiger partial charge is 0.234 e. The van der Waals surface area contributed by atoms with Crippen LogP contribution in [0, 0.1) is 5.92 Å². The highest BCUT2D eigenvalue weighted by molar-refractivity contribution is 7.09. The minimum atomic E-state index is 0.114. The monoisotopic (exact) mass is 295 g/mol. The van der Waals surface area contributed by atoms with Gasteiger partial charge in [-0.05, 0) is 43.3 Å². The Hall–Kier alpha value is -0.910. The largest absolute Gasteiger partial charge is 0.350 e. The first-order valence-electron chi connectivity index (χ1n) is 7.47. The van der Waals surface area contributed by atoms with Crippen LogP contribution in [0.25, 0.3) is 0 Å². The number of likely N-dealkylation sites (N-methyl/N-ethyl adjacent to an activating group) is 1. The van der Waals surface area contributed by atoms with Crippen LogP contribution in [0.2, 0.25) is 0 Å². The highest BCUT2D eigenvalue weighted by Gasteiger charge is 2.31. The number of carbonyl (C=O) groups is 1. The molecule has 0 radical (unpaired) electrons. The molecule has 1 amide bonds. The summed E-state index contributed by atoms with van der Waals surface area (Å²) in [6.07, 6.45) is 3.61. The molecule has 1 aromatic rings. The van der Waals surface area contributed by atoms with Crippen molar-refractivity contribution in [3.05, 3.63) is 22.4 Å². The van der Waals surface area contributed by atoms with Crippen LogP contribution >= 0.6 is 11.3 Å². The quantitative estimate of drug-likeness (QED) is 0.806.